The molecule has 0 atom stereocenters. The van der Waals surface area contributed by atoms with Crippen molar-refractivity contribution in [3.05, 3.63) is 47.9 Å². The minimum Gasteiger partial charge on any atom is -0.264 e. The summed E-state index contributed by atoms with van der Waals surface area (Å²) in [6.07, 6.45) is 5.58. The number of pyridine rings is 2. The maximum Gasteiger partial charge on any atom is 0.126 e. The van der Waals surface area contributed by atoms with Crippen molar-refractivity contribution in [2.24, 2.45) is 0 Å². The van der Waals surface area contributed by atoms with Crippen molar-refractivity contribution >= 4 is 45.2 Å². The lowest BCUT2D eigenvalue weighted by molar-refractivity contribution is 1.19. The van der Waals surface area contributed by atoms with Crippen LogP contribution in [0.15, 0.2) is 36.8 Å². The van der Waals surface area contributed by atoms with Crippen LogP contribution < -0.4 is 0 Å². The van der Waals surface area contributed by atoms with E-state index in [1.165, 1.54) is 11.1 Å². The van der Waals surface area contributed by atoms with Crippen molar-refractivity contribution in [2.45, 2.75) is 1.43 Å². The Labute approximate surface area is 115 Å². The number of hydrogen-bond acceptors (Lipinski definition) is 2. The first-order chi connectivity index (χ1) is 7.21. The predicted octanol–water partition coefficient (Wildman–Crippen LogP) is 3.53. The molecule has 2 aromatic rings. The van der Waals surface area contributed by atoms with E-state index in [1.54, 1.807) is 0 Å². The van der Waals surface area contributed by atoms with Crippen LogP contribution in [0.3, 0.4) is 0 Å². The van der Waals surface area contributed by atoms with Crippen molar-refractivity contribution in [2.75, 3.05) is 0 Å². The number of nitrogens with zero attached hydrogens (tertiary/aromatic N) is 2. The van der Waals surface area contributed by atoms with Gasteiger partial charge in [0.1, 0.15) is 1.43 Å². The molecule has 0 saturated heterocycles. The lowest BCUT2D eigenvalue weighted by Gasteiger charge is -2.15. The molecule has 0 bridgehead atoms. The number of hydrogen-bond donors (Lipinski definition) is 0. The molecular formula is C11H6I2N2. The van der Waals surface area contributed by atoms with E-state index >= 15 is 0 Å². The maximum atomic E-state index is 4.45. The standard InChI is InChI=1S/C11H6I2N2/c12-11(13)8-3-5-14-6-7(8)10-9(11)2-1-4-15-10/h1-6H. The Morgan fingerprint density at radius 1 is 1.07 bits per heavy atom. The summed E-state index contributed by atoms with van der Waals surface area (Å²) >= 11 is 4.94. The normalized spacial score (nSPS) is 15.9. The van der Waals surface area contributed by atoms with Crippen LogP contribution in [0.5, 0.6) is 0 Å². The number of alkyl halides is 2. The third-order valence-electron chi connectivity index (χ3n) is 2.56. The van der Waals surface area contributed by atoms with Gasteiger partial charge in [-0.25, -0.2) is 0 Å². The van der Waals surface area contributed by atoms with Crippen molar-refractivity contribution < 1.29 is 0 Å². The number of aromatic nitrogens is 2. The zero-order valence-corrected chi connectivity index (χ0v) is 11.9. The molecule has 0 fully saturated rings. The van der Waals surface area contributed by atoms with Gasteiger partial charge in [0.2, 0.25) is 0 Å². The van der Waals surface area contributed by atoms with Gasteiger partial charge in [0.25, 0.3) is 0 Å². The van der Waals surface area contributed by atoms with Crippen LogP contribution >= 0.6 is 45.2 Å². The number of fused-ring (bicyclic) bond motifs is 3. The molecule has 0 amide bonds. The third kappa shape index (κ3) is 1.33. The Morgan fingerprint density at radius 2 is 1.93 bits per heavy atom. The molecule has 0 radical (unpaired) electrons. The number of rotatable bonds is 0. The quantitative estimate of drug-likeness (QED) is 0.482. The first-order valence-electron chi connectivity index (χ1n) is 4.49. The van der Waals surface area contributed by atoms with Crippen LogP contribution in [-0.4, -0.2) is 9.97 Å². The van der Waals surface area contributed by atoms with E-state index in [-0.39, 0.29) is 1.43 Å². The zero-order chi connectivity index (χ0) is 10.5. The minimum atomic E-state index is -0.00259. The highest BCUT2D eigenvalue weighted by Gasteiger charge is 2.39. The SMILES string of the molecule is IC1(I)c2ccncc2-c2ncccc21. The van der Waals surface area contributed by atoms with Gasteiger partial charge >= 0.3 is 0 Å². The number of halogens is 2. The van der Waals surface area contributed by atoms with Gasteiger partial charge in [-0.2, -0.15) is 0 Å². The highest BCUT2D eigenvalue weighted by Crippen LogP contribution is 2.55. The minimum absolute atomic E-state index is 0.00259. The van der Waals surface area contributed by atoms with Gasteiger partial charge in [0.15, 0.2) is 0 Å². The maximum absolute atomic E-state index is 4.45. The van der Waals surface area contributed by atoms with Crippen LogP contribution in [0.1, 0.15) is 11.1 Å². The zero-order valence-electron chi connectivity index (χ0n) is 7.61. The fourth-order valence-corrected chi connectivity index (χ4v) is 3.69. The summed E-state index contributed by atoms with van der Waals surface area (Å²) in [6, 6.07) is 6.21. The lowest BCUT2D eigenvalue weighted by Crippen LogP contribution is -2.05. The van der Waals surface area contributed by atoms with Crippen molar-refractivity contribution in [1.29, 1.82) is 0 Å². The van der Waals surface area contributed by atoms with Crippen LogP contribution in [0.25, 0.3) is 11.3 Å². The molecular weight excluding hydrogens is 414 g/mol. The predicted molar refractivity (Wildman–Crippen MR) is 76.3 cm³/mol. The molecule has 0 unspecified atom stereocenters. The highest BCUT2D eigenvalue weighted by molar-refractivity contribution is 14.2. The van der Waals surface area contributed by atoms with Gasteiger partial charge in [-0.05, 0) is 17.7 Å². The molecule has 0 spiro atoms. The van der Waals surface area contributed by atoms with Crippen LogP contribution in [-0.2, 0) is 1.43 Å². The molecule has 0 aromatic carbocycles. The largest absolute Gasteiger partial charge is 0.264 e. The van der Waals surface area contributed by atoms with Gasteiger partial charge in [0, 0.05) is 29.7 Å². The van der Waals surface area contributed by atoms with Crippen LogP contribution in [0, 0.1) is 0 Å². The van der Waals surface area contributed by atoms with E-state index < -0.39 is 0 Å². The average molecular weight is 420 g/mol. The lowest BCUT2D eigenvalue weighted by atomic mass is 10.2. The molecule has 2 heterocycles. The van der Waals surface area contributed by atoms with E-state index in [4.69, 9.17) is 0 Å². The molecule has 2 aromatic heterocycles. The van der Waals surface area contributed by atoms with Gasteiger partial charge < -0.3 is 0 Å². The average Bonchev–Trinajstić information content (AvgIpc) is 2.51. The van der Waals surface area contributed by atoms with Crippen molar-refractivity contribution in [3.63, 3.8) is 0 Å². The van der Waals surface area contributed by atoms with E-state index in [9.17, 15) is 0 Å². The molecule has 0 saturated carbocycles. The molecule has 15 heavy (non-hydrogen) atoms. The Morgan fingerprint density at radius 3 is 2.80 bits per heavy atom. The first-order valence-corrected chi connectivity index (χ1v) is 6.65. The van der Waals surface area contributed by atoms with Crippen LogP contribution in [0.4, 0.5) is 0 Å². The third-order valence-corrected chi connectivity index (χ3v) is 4.88. The highest BCUT2D eigenvalue weighted by atomic mass is 127. The molecule has 0 N–H and O–H groups in total. The first kappa shape index (κ1) is 9.95. The molecule has 2 nitrogen and oxygen atoms in total. The summed E-state index contributed by atoms with van der Waals surface area (Å²) in [5.41, 5.74) is 4.81. The molecule has 74 valence electrons. The molecule has 4 heteroatoms. The molecule has 1 aliphatic carbocycles. The topological polar surface area (TPSA) is 25.8 Å². The smallest absolute Gasteiger partial charge is 0.126 e. The second-order valence-corrected chi connectivity index (χ2v) is 8.70. The van der Waals surface area contributed by atoms with Gasteiger partial charge in [-0.15, -0.1) is 0 Å². The summed E-state index contributed by atoms with van der Waals surface area (Å²) in [7, 11) is 0. The van der Waals surface area contributed by atoms with Gasteiger partial charge in [-0.3, -0.25) is 9.97 Å². The second-order valence-electron chi connectivity index (χ2n) is 3.40. The Bertz CT molecular complexity index is 490. The van der Waals surface area contributed by atoms with E-state index in [1.807, 2.05) is 24.7 Å². The molecule has 3 rings (SSSR count). The van der Waals surface area contributed by atoms with E-state index in [0.717, 1.165) is 11.3 Å². The van der Waals surface area contributed by atoms with Gasteiger partial charge in [0.05, 0.1) is 5.69 Å². The summed E-state index contributed by atoms with van der Waals surface area (Å²) in [4.78, 5) is 8.62. The summed E-state index contributed by atoms with van der Waals surface area (Å²) < 4.78 is -0.00259. The molecule has 1 aliphatic rings. The second kappa shape index (κ2) is 3.38. The Hall–Kier alpha value is -0.240. The fraction of sp³-hybridized carbons (Fsp3) is 0.0909. The van der Waals surface area contributed by atoms with E-state index in [2.05, 4.69) is 67.3 Å². The van der Waals surface area contributed by atoms with Gasteiger partial charge in [-0.1, -0.05) is 51.2 Å². The molecule has 0 aliphatic heterocycles. The van der Waals surface area contributed by atoms with E-state index in [0.29, 0.717) is 0 Å². The van der Waals surface area contributed by atoms with Crippen molar-refractivity contribution in [3.8, 4) is 11.3 Å². The summed E-state index contributed by atoms with van der Waals surface area (Å²) in [5.74, 6) is 0. The fourth-order valence-electron chi connectivity index (χ4n) is 1.88. The Balaban J connectivity index is 2.42. The summed E-state index contributed by atoms with van der Waals surface area (Å²) in [6.45, 7) is 0. The monoisotopic (exact) mass is 420 g/mol. The van der Waals surface area contributed by atoms with Crippen molar-refractivity contribution in [1.82, 2.24) is 9.97 Å². The summed E-state index contributed by atoms with van der Waals surface area (Å²) in [5, 5.41) is 0. The van der Waals surface area contributed by atoms with Crippen LogP contribution in [0.2, 0.25) is 0 Å². The Kier molecular flexibility index (Phi) is 2.24.